The smallest absolute Gasteiger partial charge is 0.281 e. The summed E-state index contributed by atoms with van der Waals surface area (Å²) >= 11 is 8.05. The first-order valence-electron chi connectivity index (χ1n) is 10.1. The van der Waals surface area contributed by atoms with Crippen molar-refractivity contribution in [3.8, 4) is 22.3 Å². The molecule has 0 N–H and O–H groups in total. The number of aromatic nitrogens is 3. The Morgan fingerprint density at radius 1 is 1.03 bits per heavy atom. The van der Waals surface area contributed by atoms with Gasteiger partial charge < -0.3 is 9.30 Å². The third kappa shape index (κ3) is 4.92. The molecule has 0 spiro atoms. The predicted molar refractivity (Wildman–Crippen MR) is 136 cm³/mol. The van der Waals surface area contributed by atoms with E-state index in [1.54, 1.807) is 12.3 Å². The van der Waals surface area contributed by atoms with Gasteiger partial charge in [-0.25, -0.2) is 4.98 Å². The quantitative estimate of drug-likeness (QED) is 0.165. The first-order valence-corrected chi connectivity index (χ1v) is 11.5. The fraction of sp³-hybridized carbons (Fsp3) is 0.160. The first kappa shape index (κ1) is 22.6. The number of ether oxygens (including phenoxy) is 1. The largest absolute Gasteiger partial charge is 0.366 e. The second-order valence-electron chi connectivity index (χ2n) is 7.37. The second-order valence-corrected chi connectivity index (χ2v) is 8.78. The van der Waals surface area contributed by atoms with E-state index in [1.165, 1.54) is 0 Å². The summed E-state index contributed by atoms with van der Waals surface area (Å²) in [6.07, 6.45) is 1.48. The number of rotatable bonds is 6. The average Bonchev–Trinajstić information content (AvgIpc) is 2.81. The zero-order valence-corrected chi connectivity index (χ0v) is 20.5. The highest BCUT2D eigenvalue weighted by atomic mass is 127. The maximum atomic E-state index is 13.0. The van der Waals surface area contributed by atoms with Crippen molar-refractivity contribution in [2.45, 2.75) is 19.6 Å². The molecule has 0 aliphatic heterocycles. The molecule has 4 rings (SSSR count). The molecule has 0 bridgehead atoms. The summed E-state index contributed by atoms with van der Waals surface area (Å²) in [5.74, 6) is 0.566. The molecular formula is C25H21ClIN3O2. The van der Waals surface area contributed by atoms with E-state index >= 15 is 0 Å². The van der Waals surface area contributed by atoms with Gasteiger partial charge in [-0.15, -0.1) is 0 Å². The van der Waals surface area contributed by atoms with Crippen LogP contribution in [-0.4, -0.2) is 14.5 Å². The van der Waals surface area contributed by atoms with Crippen molar-refractivity contribution in [1.29, 1.82) is 0 Å². The zero-order valence-electron chi connectivity index (χ0n) is 17.6. The molecule has 5 nitrogen and oxygen atoms in total. The summed E-state index contributed by atoms with van der Waals surface area (Å²) in [4.78, 5) is 21.4. The van der Waals surface area contributed by atoms with Crippen LogP contribution < -0.4 is 5.56 Å². The van der Waals surface area contributed by atoms with Crippen LogP contribution >= 0.6 is 34.2 Å². The van der Waals surface area contributed by atoms with E-state index < -0.39 is 0 Å². The van der Waals surface area contributed by atoms with Crippen LogP contribution in [0.1, 0.15) is 24.4 Å². The summed E-state index contributed by atoms with van der Waals surface area (Å²) in [5.41, 5.74) is 4.23. The number of hydrogen-bond donors (Lipinski definition) is 0. The van der Waals surface area contributed by atoms with E-state index in [1.807, 2.05) is 67.1 Å². The van der Waals surface area contributed by atoms with Gasteiger partial charge >= 0.3 is 0 Å². The normalized spacial score (nSPS) is 12.0. The molecular weight excluding hydrogens is 537 g/mol. The molecule has 162 valence electrons. The van der Waals surface area contributed by atoms with E-state index in [9.17, 15) is 4.79 Å². The minimum absolute atomic E-state index is 0.204. The molecule has 0 aliphatic carbocycles. The van der Waals surface area contributed by atoms with Crippen LogP contribution in [0.25, 0.3) is 22.3 Å². The summed E-state index contributed by atoms with van der Waals surface area (Å²) in [6.45, 7) is 2.13. The molecule has 1 unspecified atom stereocenters. The third-order valence-corrected chi connectivity index (χ3v) is 6.76. The lowest BCUT2D eigenvalue weighted by molar-refractivity contribution is 0.0460. The fourth-order valence-electron chi connectivity index (χ4n) is 3.40. The van der Waals surface area contributed by atoms with Crippen LogP contribution in [0, 0.1) is 3.70 Å². The Labute approximate surface area is 205 Å². The molecule has 0 amide bonds. The first-order chi connectivity index (χ1) is 15.4. The molecule has 32 heavy (non-hydrogen) atoms. The monoisotopic (exact) mass is 557 g/mol. The second kappa shape index (κ2) is 9.94. The van der Waals surface area contributed by atoms with Gasteiger partial charge in [-0.05, 0) is 63.9 Å². The minimum atomic E-state index is -0.267. The van der Waals surface area contributed by atoms with Crippen molar-refractivity contribution in [3.05, 3.63) is 104 Å². The Kier molecular flexibility index (Phi) is 7.03. The fourth-order valence-corrected chi connectivity index (χ4v) is 4.33. The van der Waals surface area contributed by atoms with Crippen molar-refractivity contribution >= 4 is 34.2 Å². The molecule has 2 aromatic carbocycles. The van der Waals surface area contributed by atoms with Crippen molar-refractivity contribution in [1.82, 2.24) is 14.5 Å². The van der Waals surface area contributed by atoms with Crippen molar-refractivity contribution in [2.24, 2.45) is 7.05 Å². The maximum absolute atomic E-state index is 13.0. The molecule has 1 atom stereocenters. The molecule has 2 aromatic heterocycles. The van der Waals surface area contributed by atoms with Crippen molar-refractivity contribution < 1.29 is 4.74 Å². The van der Waals surface area contributed by atoms with Crippen molar-refractivity contribution in [2.75, 3.05) is 0 Å². The summed E-state index contributed by atoms with van der Waals surface area (Å²) in [7, 11) is 1.89. The number of hydrogen-bond acceptors (Lipinski definition) is 4. The molecule has 0 saturated carbocycles. The van der Waals surface area contributed by atoms with Crippen LogP contribution in [0.4, 0.5) is 0 Å². The Morgan fingerprint density at radius 3 is 2.47 bits per heavy atom. The van der Waals surface area contributed by atoms with Gasteiger partial charge in [0.15, 0.2) is 0 Å². The molecule has 0 radical (unpaired) electrons. The topological polar surface area (TPSA) is 57.0 Å². The van der Waals surface area contributed by atoms with Crippen LogP contribution in [0.2, 0.25) is 5.15 Å². The summed E-state index contributed by atoms with van der Waals surface area (Å²) in [5, 5.41) is 0.437. The lowest BCUT2D eigenvalue weighted by Gasteiger charge is -2.17. The van der Waals surface area contributed by atoms with Gasteiger partial charge in [0, 0.05) is 13.2 Å². The number of pyridine rings is 1. The van der Waals surface area contributed by atoms with E-state index in [-0.39, 0.29) is 18.3 Å². The van der Waals surface area contributed by atoms with Crippen LogP contribution in [-0.2, 0) is 18.4 Å². The predicted octanol–water partition coefficient (Wildman–Crippen LogP) is 6.05. The van der Waals surface area contributed by atoms with Gasteiger partial charge in [0.25, 0.3) is 5.56 Å². The highest BCUT2D eigenvalue weighted by molar-refractivity contribution is 14.1. The Balaban J connectivity index is 1.61. The molecule has 7 heteroatoms. The average molecular weight is 558 g/mol. The van der Waals surface area contributed by atoms with E-state index in [0.717, 1.165) is 26.0 Å². The standard InChI is InChI=1S/C25H21ClIN3O2/c1-16(20-11-12-21(26)28-14-20)32-15-22-29-25(31)23(24(27)30(22)2)19-10-6-9-18(13-19)17-7-4-3-5-8-17/h3-14,16H,15H2,1-2H3. The van der Waals surface area contributed by atoms with Gasteiger partial charge in [-0.2, -0.15) is 4.98 Å². The van der Waals surface area contributed by atoms with Gasteiger partial charge in [0.2, 0.25) is 0 Å². The Bertz CT molecular complexity index is 1290. The molecule has 0 saturated heterocycles. The SMILES string of the molecule is CC(OCc1nc(=O)c(-c2cccc(-c3ccccc3)c2)c(I)n1C)c1ccc(Cl)nc1. The molecule has 4 aromatic rings. The molecule has 0 fully saturated rings. The van der Waals surface area contributed by atoms with E-state index in [4.69, 9.17) is 16.3 Å². The number of benzene rings is 2. The van der Waals surface area contributed by atoms with Gasteiger partial charge in [-0.1, -0.05) is 66.2 Å². The lowest BCUT2D eigenvalue weighted by Crippen LogP contribution is -2.22. The minimum Gasteiger partial charge on any atom is -0.366 e. The Morgan fingerprint density at radius 2 is 1.75 bits per heavy atom. The number of halogens is 2. The van der Waals surface area contributed by atoms with E-state index in [0.29, 0.717) is 16.5 Å². The van der Waals surface area contributed by atoms with Gasteiger partial charge in [-0.3, -0.25) is 4.79 Å². The van der Waals surface area contributed by atoms with Crippen LogP contribution in [0.5, 0.6) is 0 Å². The zero-order chi connectivity index (χ0) is 22.7. The van der Waals surface area contributed by atoms with E-state index in [2.05, 4.69) is 44.7 Å². The lowest BCUT2D eigenvalue weighted by atomic mass is 10.0. The van der Waals surface area contributed by atoms with Crippen molar-refractivity contribution in [3.63, 3.8) is 0 Å². The third-order valence-electron chi connectivity index (χ3n) is 5.27. The molecule has 2 heterocycles. The maximum Gasteiger partial charge on any atom is 0.281 e. The summed E-state index contributed by atoms with van der Waals surface area (Å²) < 4.78 is 8.67. The van der Waals surface area contributed by atoms with Gasteiger partial charge in [0.1, 0.15) is 17.6 Å². The van der Waals surface area contributed by atoms with Gasteiger partial charge in [0.05, 0.1) is 15.4 Å². The highest BCUT2D eigenvalue weighted by Crippen LogP contribution is 2.27. The highest BCUT2D eigenvalue weighted by Gasteiger charge is 2.17. The van der Waals surface area contributed by atoms with Crippen LogP contribution in [0.3, 0.4) is 0 Å². The Hall–Kier alpha value is -2.55. The summed E-state index contributed by atoms with van der Waals surface area (Å²) in [6, 6.07) is 21.7. The number of nitrogens with zero attached hydrogens (tertiary/aromatic N) is 3. The van der Waals surface area contributed by atoms with Crippen LogP contribution in [0.15, 0.2) is 77.7 Å². The molecule has 0 aliphatic rings.